The maximum absolute atomic E-state index is 9.47. The van der Waals surface area contributed by atoms with Crippen molar-refractivity contribution in [3.05, 3.63) is 78.1 Å². The number of nitrogens with zero attached hydrogens (tertiary/aromatic N) is 1. The van der Waals surface area contributed by atoms with Gasteiger partial charge in [-0.2, -0.15) is 0 Å². The Kier molecular flexibility index (Phi) is 5.68. The number of hydrogen-bond acceptors (Lipinski definition) is 4. The van der Waals surface area contributed by atoms with Crippen LogP contribution in [0, 0.1) is 12.8 Å². The molecule has 0 aliphatic heterocycles. The summed E-state index contributed by atoms with van der Waals surface area (Å²) < 4.78 is 1.16. The van der Waals surface area contributed by atoms with Crippen LogP contribution in [0.2, 0.25) is 0 Å². The van der Waals surface area contributed by atoms with Crippen LogP contribution in [0.3, 0.4) is 0 Å². The number of benzene rings is 2. The van der Waals surface area contributed by atoms with Gasteiger partial charge in [-0.3, -0.25) is 4.98 Å². The number of aliphatic hydroxyl groups excluding tert-OH is 1. The van der Waals surface area contributed by atoms with Gasteiger partial charge in [0.2, 0.25) is 0 Å². The van der Waals surface area contributed by atoms with Gasteiger partial charge in [0.15, 0.2) is 0 Å². The standard InChI is InChI=1S/C27H27N3OS/c1-3-18(16-31)13-19-4-6-20(7-5-19)26-15-25-27(32-26)24(10-11-28-25)30-22-8-9-23-21(14-22)12-17(2)29-23/h4-12,14-15,18,29,31H,3,13,16H2,1-2H3,(H,28,30). The van der Waals surface area contributed by atoms with Crippen molar-refractivity contribution >= 4 is 43.8 Å². The third kappa shape index (κ3) is 4.14. The fraction of sp³-hybridized carbons (Fsp3) is 0.222. The Morgan fingerprint density at radius 3 is 2.69 bits per heavy atom. The molecular weight excluding hydrogens is 414 g/mol. The zero-order valence-electron chi connectivity index (χ0n) is 18.4. The molecule has 0 radical (unpaired) electrons. The van der Waals surface area contributed by atoms with Crippen LogP contribution in [-0.4, -0.2) is 21.7 Å². The van der Waals surface area contributed by atoms with Gasteiger partial charge in [0.1, 0.15) is 0 Å². The van der Waals surface area contributed by atoms with Crippen LogP contribution in [-0.2, 0) is 6.42 Å². The lowest BCUT2D eigenvalue weighted by molar-refractivity contribution is 0.222. The second-order valence-corrected chi connectivity index (χ2v) is 9.47. The predicted molar refractivity (Wildman–Crippen MR) is 136 cm³/mol. The quantitative estimate of drug-likeness (QED) is 0.253. The number of H-pyrrole nitrogens is 1. The maximum atomic E-state index is 9.47. The Morgan fingerprint density at radius 1 is 1.06 bits per heavy atom. The second kappa shape index (κ2) is 8.77. The molecule has 1 atom stereocenters. The van der Waals surface area contributed by atoms with E-state index in [-0.39, 0.29) is 6.61 Å². The molecule has 3 aromatic heterocycles. The summed E-state index contributed by atoms with van der Waals surface area (Å²) >= 11 is 1.76. The molecule has 5 rings (SSSR count). The third-order valence-electron chi connectivity index (χ3n) is 6.04. The van der Waals surface area contributed by atoms with Crippen LogP contribution < -0.4 is 5.32 Å². The van der Waals surface area contributed by atoms with Crippen LogP contribution in [0.5, 0.6) is 0 Å². The summed E-state index contributed by atoms with van der Waals surface area (Å²) in [6, 6.07) is 21.5. The fourth-order valence-corrected chi connectivity index (χ4v) is 5.26. The normalized spacial score (nSPS) is 12.5. The van der Waals surface area contributed by atoms with Gasteiger partial charge in [0, 0.05) is 40.0 Å². The van der Waals surface area contributed by atoms with Crippen LogP contribution in [0.4, 0.5) is 11.4 Å². The van der Waals surface area contributed by atoms with E-state index in [0.717, 1.165) is 39.9 Å². The summed E-state index contributed by atoms with van der Waals surface area (Å²) in [5.74, 6) is 0.331. The molecule has 5 heteroatoms. The van der Waals surface area contributed by atoms with Gasteiger partial charge in [-0.15, -0.1) is 11.3 Å². The van der Waals surface area contributed by atoms with Crippen molar-refractivity contribution in [2.24, 2.45) is 5.92 Å². The number of hydrogen-bond donors (Lipinski definition) is 3. The Bertz CT molecular complexity index is 1360. The van der Waals surface area contributed by atoms with Crippen LogP contribution in [0.25, 0.3) is 31.6 Å². The van der Waals surface area contributed by atoms with Crippen molar-refractivity contribution in [2.45, 2.75) is 26.7 Å². The molecule has 0 aliphatic rings. The van der Waals surface area contributed by atoms with E-state index >= 15 is 0 Å². The SMILES string of the molecule is CCC(CO)Cc1ccc(-c2cc3nccc(Nc4ccc5[nH]c(C)cc5c4)c3s2)cc1. The monoisotopic (exact) mass is 441 g/mol. The van der Waals surface area contributed by atoms with E-state index < -0.39 is 0 Å². The lowest BCUT2D eigenvalue weighted by atomic mass is 9.97. The number of aryl methyl sites for hydroxylation is 1. The molecule has 5 aromatic rings. The number of anilines is 2. The first-order chi connectivity index (χ1) is 15.6. The van der Waals surface area contributed by atoms with Gasteiger partial charge < -0.3 is 15.4 Å². The zero-order valence-corrected chi connectivity index (χ0v) is 19.2. The molecule has 4 nitrogen and oxygen atoms in total. The highest BCUT2D eigenvalue weighted by molar-refractivity contribution is 7.22. The molecule has 0 fully saturated rings. The van der Waals surface area contributed by atoms with Gasteiger partial charge in [0.25, 0.3) is 0 Å². The molecule has 3 heterocycles. The van der Waals surface area contributed by atoms with Gasteiger partial charge in [-0.1, -0.05) is 37.6 Å². The largest absolute Gasteiger partial charge is 0.396 e. The summed E-state index contributed by atoms with van der Waals surface area (Å²) in [7, 11) is 0. The molecule has 0 bridgehead atoms. The lowest BCUT2D eigenvalue weighted by Gasteiger charge is -2.11. The van der Waals surface area contributed by atoms with Crippen molar-refractivity contribution in [1.29, 1.82) is 0 Å². The minimum atomic E-state index is 0.243. The van der Waals surface area contributed by atoms with Gasteiger partial charge in [-0.25, -0.2) is 0 Å². The molecule has 3 N–H and O–H groups in total. The predicted octanol–water partition coefficient (Wildman–Crippen LogP) is 7.06. The molecule has 162 valence electrons. The van der Waals surface area contributed by atoms with Crippen molar-refractivity contribution in [3.63, 3.8) is 0 Å². The third-order valence-corrected chi connectivity index (χ3v) is 7.25. The zero-order chi connectivity index (χ0) is 22.1. The summed E-state index contributed by atoms with van der Waals surface area (Å²) in [6.07, 6.45) is 3.77. The number of fused-ring (bicyclic) bond motifs is 2. The van der Waals surface area contributed by atoms with E-state index in [4.69, 9.17) is 0 Å². The summed E-state index contributed by atoms with van der Waals surface area (Å²) in [4.78, 5) is 9.18. The molecule has 0 spiro atoms. The lowest BCUT2D eigenvalue weighted by Crippen LogP contribution is -2.07. The molecular formula is C27H27N3OS. The van der Waals surface area contributed by atoms with Crippen molar-refractivity contribution in [3.8, 4) is 10.4 Å². The molecule has 2 aromatic carbocycles. The summed E-state index contributed by atoms with van der Waals surface area (Å²) in [5.41, 5.74) is 7.93. The average Bonchev–Trinajstić information content (AvgIpc) is 3.41. The highest BCUT2D eigenvalue weighted by atomic mass is 32.1. The van der Waals surface area contributed by atoms with Crippen molar-refractivity contribution in [2.75, 3.05) is 11.9 Å². The second-order valence-electron chi connectivity index (χ2n) is 8.42. The first kappa shape index (κ1) is 20.7. The van der Waals surface area contributed by atoms with E-state index in [1.165, 1.54) is 27.1 Å². The maximum Gasteiger partial charge on any atom is 0.0837 e. The van der Waals surface area contributed by atoms with Crippen LogP contribution in [0.15, 0.2) is 66.9 Å². The van der Waals surface area contributed by atoms with Gasteiger partial charge in [-0.05, 0) is 66.8 Å². The van der Waals surface area contributed by atoms with Gasteiger partial charge >= 0.3 is 0 Å². The van der Waals surface area contributed by atoms with Crippen molar-refractivity contribution < 1.29 is 5.11 Å². The summed E-state index contributed by atoms with van der Waals surface area (Å²) in [6.45, 7) is 4.45. The molecule has 32 heavy (non-hydrogen) atoms. The summed E-state index contributed by atoms with van der Waals surface area (Å²) in [5, 5.41) is 14.3. The first-order valence-electron chi connectivity index (χ1n) is 11.1. The van der Waals surface area contributed by atoms with Crippen LogP contribution >= 0.6 is 11.3 Å². The Hall–Kier alpha value is -3.15. The molecule has 0 aliphatic carbocycles. The first-order valence-corrected chi connectivity index (χ1v) is 11.9. The van der Waals surface area contributed by atoms with Crippen LogP contribution in [0.1, 0.15) is 24.6 Å². The topological polar surface area (TPSA) is 60.9 Å². The van der Waals surface area contributed by atoms with E-state index in [9.17, 15) is 5.11 Å². The van der Waals surface area contributed by atoms with Crippen molar-refractivity contribution in [1.82, 2.24) is 9.97 Å². The molecule has 0 saturated carbocycles. The number of aliphatic hydroxyl groups is 1. The number of pyridine rings is 1. The van der Waals surface area contributed by atoms with E-state index in [2.05, 4.69) is 83.7 Å². The minimum absolute atomic E-state index is 0.243. The fourth-order valence-electron chi connectivity index (χ4n) is 4.17. The minimum Gasteiger partial charge on any atom is -0.396 e. The molecule has 1 unspecified atom stereocenters. The number of aromatic amines is 1. The Balaban J connectivity index is 1.42. The number of nitrogens with one attached hydrogen (secondary N) is 2. The van der Waals surface area contributed by atoms with E-state index in [1.54, 1.807) is 11.3 Å². The average molecular weight is 442 g/mol. The number of aromatic nitrogens is 2. The molecule has 0 amide bonds. The number of thiophene rings is 1. The highest BCUT2D eigenvalue weighted by Crippen LogP contribution is 2.38. The number of rotatable bonds is 7. The van der Waals surface area contributed by atoms with E-state index in [1.807, 2.05) is 12.3 Å². The molecule has 0 saturated heterocycles. The Morgan fingerprint density at radius 2 is 1.91 bits per heavy atom. The van der Waals surface area contributed by atoms with Gasteiger partial charge in [0.05, 0.1) is 15.9 Å². The smallest absolute Gasteiger partial charge is 0.0837 e. The Labute approximate surface area is 192 Å². The highest BCUT2D eigenvalue weighted by Gasteiger charge is 2.11. The van der Waals surface area contributed by atoms with E-state index in [0.29, 0.717) is 5.92 Å².